The van der Waals surface area contributed by atoms with Crippen LogP contribution in [-0.4, -0.2) is 10.7 Å². The number of benzene rings is 1. The van der Waals surface area contributed by atoms with Crippen LogP contribution in [0.15, 0.2) is 61.0 Å². The maximum absolute atomic E-state index is 12.2. The van der Waals surface area contributed by atoms with Crippen LogP contribution in [0.25, 0.3) is 0 Å². The van der Waals surface area contributed by atoms with Crippen molar-refractivity contribution in [2.45, 2.75) is 12.5 Å². The first kappa shape index (κ1) is 10.1. The van der Waals surface area contributed by atoms with Crippen molar-refractivity contribution in [2.75, 3.05) is 0 Å². The van der Waals surface area contributed by atoms with E-state index in [4.69, 9.17) is 0 Å². The normalized spacial score (nSPS) is 25.5. The number of hydrogen-bond donors (Lipinski definition) is 0. The fraction of sp³-hybridized carbons (Fsp3) is 0.133. The molecule has 1 atom stereocenters. The molecule has 0 saturated heterocycles. The third-order valence-corrected chi connectivity index (χ3v) is 3.36. The zero-order valence-electron chi connectivity index (χ0n) is 9.63. The highest BCUT2D eigenvalue weighted by molar-refractivity contribution is 6.03. The van der Waals surface area contributed by atoms with Crippen molar-refractivity contribution in [1.82, 2.24) is 4.90 Å². The second kappa shape index (κ2) is 3.45. The number of aryl methyl sites for hydroxylation is 1. The van der Waals surface area contributed by atoms with E-state index >= 15 is 0 Å². The van der Waals surface area contributed by atoms with Gasteiger partial charge in [0.15, 0.2) is 11.3 Å². The van der Waals surface area contributed by atoms with Crippen LogP contribution in [0.2, 0.25) is 0 Å². The van der Waals surface area contributed by atoms with Gasteiger partial charge in [-0.2, -0.15) is 0 Å². The highest BCUT2D eigenvalue weighted by atomic mass is 16.1. The molecule has 0 aliphatic carbocycles. The molecule has 2 nitrogen and oxygen atoms in total. The maximum Gasteiger partial charge on any atom is 0.191 e. The van der Waals surface area contributed by atoms with Crippen LogP contribution in [0.4, 0.5) is 0 Å². The average Bonchev–Trinajstić information content (AvgIpc) is 2.69. The maximum atomic E-state index is 12.2. The molecule has 2 aliphatic rings. The minimum Gasteiger partial charge on any atom is -0.334 e. The van der Waals surface area contributed by atoms with E-state index in [2.05, 4.69) is 0 Å². The number of nitrogens with zero attached hydrogens (tertiary/aromatic N) is 1. The van der Waals surface area contributed by atoms with Crippen molar-refractivity contribution < 1.29 is 4.79 Å². The van der Waals surface area contributed by atoms with Gasteiger partial charge in [-0.15, -0.1) is 0 Å². The van der Waals surface area contributed by atoms with E-state index in [0.717, 1.165) is 5.56 Å². The second-order valence-electron chi connectivity index (χ2n) is 4.42. The summed E-state index contributed by atoms with van der Waals surface area (Å²) in [4.78, 5) is 14.2. The lowest BCUT2D eigenvalue weighted by atomic mass is 9.84. The van der Waals surface area contributed by atoms with Crippen molar-refractivity contribution in [2.24, 2.45) is 0 Å². The highest BCUT2D eigenvalue weighted by Gasteiger charge is 2.44. The molecular formula is C15H13NO. The number of ketones is 1. The van der Waals surface area contributed by atoms with Gasteiger partial charge in [-0.1, -0.05) is 35.9 Å². The molecular weight excluding hydrogens is 210 g/mol. The molecule has 0 bridgehead atoms. The monoisotopic (exact) mass is 223 g/mol. The van der Waals surface area contributed by atoms with E-state index in [9.17, 15) is 4.79 Å². The summed E-state index contributed by atoms with van der Waals surface area (Å²) in [7, 11) is 0. The third kappa shape index (κ3) is 1.30. The Labute approximate surface area is 101 Å². The summed E-state index contributed by atoms with van der Waals surface area (Å²) in [5, 5.41) is 0. The number of rotatable bonds is 1. The highest BCUT2D eigenvalue weighted by Crippen LogP contribution is 2.38. The van der Waals surface area contributed by atoms with Crippen LogP contribution in [0.5, 0.6) is 0 Å². The molecule has 0 saturated carbocycles. The van der Waals surface area contributed by atoms with Crippen molar-refractivity contribution in [3.05, 3.63) is 72.1 Å². The minimum absolute atomic E-state index is 0.113. The molecule has 2 heterocycles. The predicted octanol–water partition coefficient (Wildman–Crippen LogP) is 2.67. The SMILES string of the molecule is Cc1ccc(C23C=CC=CN2C=CC3=O)cc1. The summed E-state index contributed by atoms with van der Waals surface area (Å²) in [5.74, 6) is 0.113. The van der Waals surface area contributed by atoms with E-state index in [1.807, 2.05) is 66.7 Å². The first-order valence-corrected chi connectivity index (χ1v) is 5.68. The van der Waals surface area contributed by atoms with Crippen molar-refractivity contribution >= 4 is 5.78 Å². The molecule has 0 fully saturated rings. The first-order valence-electron chi connectivity index (χ1n) is 5.68. The molecule has 0 N–H and O–H groups in total. The molecule has 3 rings (SSSR count). The van der Waals surface area contributed by atoms with Gasteiger partial charge in [0.25, 0.3) is 0 Å². The summed E-state index contributed by atoms with van der Waals surface area (Å²) in [6, 6.07) is 8.13. The smallest absolute Gasteiger partial charge is 0.191 e. The van der Waals surface area contributed by atoms with E-state index in [-0.39, 0.29) is 5.78 Å². The van der Waals surface area contributed by atoms with Crippen molar-refractivity contribution in [1.29, 1.82) is 0 Å². The van der Waals surface area contributed by atoms with Crippen molar-refractivity contribution in [3.63, 3.8) is 0 Å². The lowest BCUT2D eigenvalue weighted by Crippen LogP contribution is -2.41. The molecule has 0 radical (unpaired) electrons. The van der Waals surface area contributed by atoms with Crippen LogP contribution in [0.3, 0.4) is 0 Å². The fourth-order valence-electron chi connectivity index (χ4n) is 2.39. The number of fused-ring (bicyclic) bond motifs is 1. The molecule has 17 heavy (non-hydrogen) atoms. The van der Waals surface area contributed by atoms with Gasteiger partial charge >= 0.3 is 0 Å². The Morgan fingerprint density at radius 2 is 1.82 bits per heavy atom. The fourth-order valence-corrected chi connectivity index (χ4v) is 2.39. The molecule has 0 spiro atoms. The van der Waals surface area contributed by atoms with Gasteiger partial charge in [0.05, 0.1) is 0 Å². The van der Waals surface area contributed by atoms with Gasteiger partial charge in [-0.25, -0.2) is 0 Å². The molecule has 1 aromatic carbocycles. The molecule has 1 unspecified atom stereocenters. The van der Waals surface area contributed by atoms with Crippen LogP contribution < -0.4 is 0 Å². The quantitative estimate of drug-likeness (QED) is 0.729. The molecule has 0 amide bonds. The van der Waals surface area contributed by atoms with Gasteiger partial charge in [0.2, 0.25) is 0 Å². The van der Waals surface area contributed by atoms with Gasteiger partial charge in [0.1, 0.15) is 0 Å². The lowest BCUT2D eigenvalue weighted by molar-refractivity contribution is -0.120. The van der Waals surface area contributed by atoms with Crippen molar-refractivity contribution in [3.8, 4) is 0 Å². The lowest BCUT2D eigenvalue weighted by Gasteiger charge is -2.35. The number of allylic oxidation sites excluding steroid dienone is 2. The van der Waals surface area contributed by atoms with Crippen LogP contribution in [-0.2, 0) is 10.3 Å². The summed E-state index contributed by atoms with van der Waals surface area (Å²) in [6.45, 7) is 2.05. The van der Waals surface area contributed by atoms with Gasteiger partial charge < -0.3 is 4.90 Å². The Morgan fingerprint density at radius 3 is 2.59 bits per heavy atom. The topological polar surface area (TPSA) is 20.3 Å². The minimum atomic E-state index is -0.650. The number of carbonyl (C=O) groups excluding carboxylic acids is 1. The van der Waals surface area contributed by atoms with Gasteiger partial charge in [0, 0.05) is 18.5 Å². The Hall–Kier alpha value is -2.09. The van der Waals surface area contributed by atoms with Gasteiger partial charge in [-0.3, -0.25) is 4.79 Å². The summed E-state index contributed by atoms with van der Waals surface area (Å²) in [6.07, 6.45) is 11.2. The number of carbonyl (C=O) groups is 1. The van der Waals surface area contributed by atoms with Crippen LogP contribution in [0, 0.1) is 6.92 Å². The third-order valence-electron chi connectivity index (χ3n) is 3.36. The number of hydrogen-bond acceptors (Lipinski definition) is 2. The molecule has 2 aliphatic heterocycles. The van der Waals surface area contributed by atoms with Gasteiger partial charge in [-0.05, 0) is 24.6 Å². The molecule has 84 valence electrons. The Bertz CT molecular complexity index is 549. The molecule has 0 aromatic heterocycles. The van der Waals surface area contributed by atoms with E-state index < -0.39 is 5.54 Å². The summed E-state index contributed by atoms with van der Waals surface area (Å²) >= 11 is 0. The zero-order chi connectivity index (χ0) is 11.9. The van der Waals surface area contributed by atoms with E-state index in [1.165, 1.54) is 5.56 Å². The standard InChI is InChI=1S/C15H13NO/c1-12-4-6-13(7-5-12)15-9-2-3-10-16(15)11-8-14(15)17/h2-11H,1H3. The van der Waals surface area contributed by atoms with E-state index in [1.54, 1.807) is 6.08 Å². The summed E-state index contributed by atoms with van der Waals surface area (Å²) in [5.41, 5.74) is 1.56. The second-order valence-corrected chi connectivity index (χ2v) is 4.42. The van der Waals surface area contributed by atoms with Crippen LogP contribution in [0.1, 0.15) is 11.1 Å². The van der Waals surface area contributed by atoms with Crippen LogP contribution >= 0.6 is 0 Å². The largest absolute Gasteiger partial charge is 0.334 e. The van der Waals surface area contributed by atoms with E-state index in [0.29, 0.717) is 0 Å². The molecule has 1 aromatic rings. The summed E-state index contributed by atoms with van der Waals surface area (Å²) < 4.78 is 0. The average molecular weight is 223 g/mol. The first-order chi connectivity index (χ1) is 8.23. The molecule has 2 heteroatoms. The predicted molar refractivity (Wildman–Crippen MR) is 67.1 cm³/mol. The Kier molecular flexibility index (Phi) is 2.05. The Morgan fingerprint density at radius 1 is 1.06 bits per heavy atom. The Balaban J connectivity index is 2.16. The zero-order valence-corrected chi connectivity index (χ0v) is 9.63.